The van der Waals surface area contributed by atoms with Gasteiger partial charge in [0.2, 0.25) is 5.52 Å². The Labute approximate surface area is 147 Å². The molecule has 0 unspecified atom stereocenters. The number of thioether (sulfide) groups is 1. The molecule has 0 spiro atoms. The standard InChI is InChI=1S/C17H15N3O2S2/c1-11(12-6-2-4-8-14(12)21)19-20-16(22)10-23-17-18-13-7-3-5-9-15(13)24-17/h2-9,21H,10H2,1H3,(H,20,22). The maximum Gasteiger partial charge on any atom is 0.297 e. The molecule has 0 aliphatic carbocycles. The van der Waals surface area contributed by atoms with Crippen molar-refractivity contribution in [1.82, 2.24) is 5.43 Å². The summed E-state index contributed by atoms with van der Waals surface area (Å²) in [6.45, 7) is 1.70. The second kappa shape index (κ2) is 7.46. The highest BCUT2D eigenvalue weighted by Gasteiger charge is 2.13. The number of fused-ring (bicyclic) bond motifs is 1. The van der Waals surface area contributed by atoms with Crippen molar-refractivity contribution in [2.75, 3.05) is 5.75 Å². The fraction of sp³-hybridized carbons (Fsp3) is 0.118. The molecule has 0 atom stereocenters. The Morgan fingerprint density at radius 3 is 2.79 bits per heavy atom. The number of amides is 1. The summed E-state index contributed by atoms with van der Waals surface area (Å²) in [4.78, 5) is 15.2. The molecule has 0 bridgehead atoms. The molecule has 2 N–H and O–H groups in total. The van der Waals surface area contributed by atoms with Crippen molar-refractivity contribution >= 4 is 44.9 Å². The number of thiazole rings is 1. The first-order valence-corrected chi connectivity index (χ1v) is 9.07. The Balaban J connectivity index is 1.57. The van der Waals surface area contributed by atoms with Gasteiger partial charge in [-0.1, -0.05) is 53.5 Å². The van der Waals surface area contributed by atoms with Crippen LogP contribution in [-0.2, 0) is 4.79 Å². The lowest BCUT2D eigenvalue weighted by atomic mass is 10.1. The maximum absolute atomic E-state index is 11.9. The molecule has 0 saturated heterocycles. The summed E-state index contributed by atoms with van der Waals surface area (Å²) in [5.74, 6) is -0.0742. The summed E-state index contributed by atoms with van der Waals surface area (Å²) < 4.78 is 2.12. The van der Waals surface area contributed by atoms with Gasteiger partial charge >= 0.3 is 0 Å². The van der Waals surface area contributed by atoms with Crippen LogP contribution in [0.3, 0.4) is 0 Å². The van der Waals surface area contributed by atoms with Gasteiger partial charge in [-0.05, 0) is 30.3 Å². The van der Waals surface area contributed by atoms with Crippen molar-refractivity contribution in [2.45, 2.75) is 11.3 Å². The highest BCUT2D eigenvalue weighted by atomic mass is 32.2. The highest BCUT2D eigenvalue weighted by molar-refractivity contribution is 8.01. The van der Waals surface area contributed by atoms with Crippen LogP contribution in [0.1, 0.15) is 12.5 Å². The van der Waals surface area contributed by atoms with Crippen LogP contribution in [0.5, 0.6) is 5.75 Å². The summed E-state index contributed by atoms with van der Waals surface area (Å²) in [7, 11) is 0. The van der Waals surface area contributed by atoms with Crippen LogP contribution in [0.25, 0.3) is 10.2 Å². The predicted octanol–water partition coefficient (Wildman–Crippen LogP) is 2.42. The molecule has 122 valence electrons. The van der Waals surface area contributed by atoms with Gasteiger partial charge in [-0.15, -0.1) is 0 Å². The molecule has 1 amide bonds. The van der Waals surface area contributed by atoms with Crippen molar-refractivity contribution in [3.8, 4) is 5.75 Å². The van der Waals surface area contributed by atoms with Gasteiger partial charge < -0.3 is 5.11 Å². The molecule has 3 rings (SSSR count). The summed E-state index contributed by atoms with van der Waals surface area (Å²) in [5.41, 5.74) is 4.54. The smallest absolute Gasteiger partial charge is 0.297 e. The van der Waals surface area contributed by atoms with Gasteiger partial charge in [0, 0.05) is 6.07 Å². The van der Waals surface area contributed by atoms with E-state index < -0.39 is 0 Å². The fourth-order valence-corrected chi connectivity index (χ4v) is 4.02. The summed E-state index contributed by atoms with van der Waals surface area (Å²) in [6.07, 6.45) is 0. The molecular weight excluding hydrogens is 342 g/mol. The quantitative estimate of drug-likeness (QED) is 0.433. The zero-order valence-electron chi connectivity index (χ0n) is 12.9. The largest absolute Gasteiger partial charge is 0.872 e. The minimum atomic E-state index is -0.214. The number of rotatable bonds is 5. The number of hydrazone groups is 1. The van der Waals surface area contributed by atoms with Crippen molar-refractivity contribution in [2.24, 2.45) is 5.10 Å². The Hall–Kier alpha value is -2.38. The van der Waals surface area contributed by atoms with Crippen LogP contribution in [-0.4, -0.2) is 17.4 Å². The van der Waals surface area contributed by atoms with E-state index in [4.69, 9.17) is 0 Å². The van der Waals surface area contributed by atoms with Crippen molar-refractivity contribution in [3.63, 3.8) is 0 Å². The lowest BCUT2D eigenvalue weighted by Gasteiger charge is -2.12. The van der Waals surface area contributed by atoms with E-state index in [1.807, 2.05) is 24.3 Å². The van der Waals surface area contributed by atoms with Crippen molar-refractivity contribution in [3.05, 3.63) is 54.1 Å². The Kier molecular flexibility index (Phi) is 5.12. The maximum atomic E-state index is 11.9. The molecule has 0 fully saturated rings. The molecular formula is C17H15N3O2S2. The van der Waals surface area contributed by atoms with Crippen LogP contribution in [0.4, 0.5) is 0 Å². The zero-order valence-corrected chi connectivity index (χ0v) is 14.5. The first-order valence-electron chi connectivity index (χ1n) is 7.26. The van der Waals surface area contributed by atoms with Gasteiger partial charge in [0.1, 0.15) is 4.70 Å². The minimum Gasteiger partial charge on any atom is -0.872 e. The van der Waals surface area contributed by atoms with Crippen LogP contribution in [0, 0.1) is 0 Å². The van der Waals surface area contributed by atoms with E-state index in [2.05, 4.69) is 15.5 Å². The molecule has 24 heavy (non-hydrogen) atoms. The number of hydrogen-bond donors (Lipinski definition) is 1. The highest BCUT2D eigenvalue weighted by Crippen LogP contribution is 2.25. The lowest BCUT2D eigenvalue weighted by molar-refractivity contribution is -0.385. The van der Waals surface area contributed by atoms with Crippen LogP contribution >= 0.6 is 23.1 Å². The number of carbonyl (C=O) groups excluding carboxylic acids is 1. The van der Waals surface area contributed by atoms with Gasteiger partial charge in [0.05, 0.1) is 11.5 Å². The number of nitrogens with one attached hydrogen (secondary N) is 2. The molecule has 2 aromatic carbocycles. The molecule has 1 heterocycles. The molecule has 5 nitrogen and oxygen atoms in total. The molecule has 0 radical (unpaired) electrons. The Morgan fingerprint density at radius 2 is 2.00 bits per heavy atom. The van der Waals surface area contributed by atoms with Crippen LogP contribution in [0.15, 0.2) is 58.0 Å². The third kappa shape index (κ3) is 3.93. The Morgan fingerprint density at radius 1 is 1.25 bits per heavy atom. The number of nitrogens with zero attached hydrogens (tertiary/aromatic N) is 1. The van der Waals surface area contributed by atoms with Crippen LogP contribution in [0.2, 0.25) is 0 Å². The number of benzene rings is 2. The molecule has 3 aromatic rings. The van der Waals surface area contributed by atoms with E-state index in [9.17, 15) is 9.90 Å². The third-order valence-electron chi connectivity index (χ3n) is 3.29. The molecule has 0 aliphatic rings. The average molecular weight is 357 g/mol. The van der Waals surface area contributed by atoms with E-state index in [1.165, 1.54) is 17.8 Å². The summed E-state index contributed by atoms with van der Waals surface area (Å²) in [5, 5.41) is 15.7. The fourth-order valence-electron chi connectivity index (χ4n) is 2.10. The molecule has 1 aromatic heterocycles. The Bertz CT molecular complexity index is 872. The molecule has 0 aliphatic heterocycles. The number of carbonyl (C=O) groups is 1. The van der Waals surface area contributed by atoms with Gasteiger partial charge in [-0.2, -0.15) is 10.1 Å². The molecule has 7 heteroatoms. The normalized spacial score (nSPS) is 11.6. The van der Waals surface area contributed by atoms with Gasteiger partial charge in [-0.3, -0.25) is 4.79 Å². The first-order chi connectivity index (χ1) is 11.6. The van der Waals surface area contributed by atoms with Gasteiger partial charge in [-0.25, -0.2) is 5.43 Å². The lowest BCUT2D eigenvalue weighted by Crippen LogP contribution is -2.21. The third-order valence-corrected chi connectivity index (χ3v) is 5.52. The van der Waals surface area contributed by atoms with Crippen LogP contribution < -0.4 is 15.5 Å². The molecule has 0 saturated carbocycles. The zero-order chi connectivity index (χ0) is 16.9. The van der Waals surface area contributed by atoms with Gasteiger partial charge in [0.25, 0.3) is 10.2 Å². The topological polar surface area (TPSA) is 78.7 Å². The summed E-state index contributed by atoms with van der Waals surface area (Å²) in [6, 6.07) is 14.6. The van der Waals surface area contributed by atoms with E-state index in [1.54, 1.807) is 36.5 Å². The SMILES string of the molecule is CC(=NNC(=O)CSc1[nH+]c2ccccc2s1)c1ccccc1[O-]. The number of hydrogen-bond acceptors (Lipinski definition) is 5. The monoisotopic (exact) mass is 357 g/mol. The van der Waals surface area contributed by atoms with E-state index >= 15 is 0 Å². The van der Waals surface area contributed by atoms with E-state index in [0.717, 1.165) is 14.6 Å². The average Bonchev–Trinajstić information content (AvgIpc) is 3.01. The van der Waals surface area contributed by atoms with E-state index in [-0.39, 0.29) is 17.4 Å². The summed E-state index contributed by atoms with van der Waals surface area (Å²) >= 11 is 3.04. The van der Waals surface area contributed by atoms with Gasteiger partial charge in [0.15, 0.2) is 0 Å². The van der Waals surface area contributed by atoms with Crippen molar-refractivity contribution < 1.29 is 14.9 Å². The second-order valence-corrected chi connectivity index (χ2v) is 7.32. The van der Waals surface area contributed by atoms with E-state index in [0.29, 0.717) is 11.3 Å². The number of para-hydroxylation sites is 2. The number of H-pyrrole nitrogens is 1. The minimum absolute atomic E-state index is 0.109. The first kappa shape index (κ1) is 16.5. The number of aromatic nitrogens is 1. The number of aromatic amines is 1. The van der Waals surface area contributed by atoms with Crippen molar-refractivity contribution in [1.29, 1.82) is 0 Å². The predicted molar refractivity (Wildman–Crippen MR) is 95.3 cm³/mol. The second-order valence-electron chi connectivity index (χ2n) is 5.03.